The molecule has 6 heteroatoms. The van der Waals surface area contributed by atoms with Crippen molar-refractivity contribution >= 4 is 18.3 Å². The minimum Gasteiger partial charge on any atom is -0.349 e. The Morgan fingerprint density at radius 1 is 1.45 bits per heavy atom. The van der Waals surface area contributed by atoms with E-state index >= 15 is 0 Å². The van der Waals surface area contributed by atoms with Crippen LogP contribution >= 0.6 is 12.4 Å². The molecule has 0 bridgehead atoms. The molecule has 2 unspecified atom stereocenters. The summed E-state index contributed by atoms with van der Waals surface area (Å²) in [5.41, 5.74) is 0.342. The molecule has 22 heavy (non-hydrogen) atoms. The Balaban J connectivity index is 0.00000242. The van der Waals surface area contributed by atoms with Crippen LogP contribution in [0.15, 0.2) is 18.2 Å². The second-order valence-corrected chi connectivity index (χ2v) is 5.59. The van der Waals surface area contributed by atoms with Crippen LogP contribution in [0.2, 0.25) is 0 Å². The molecule has 2 rings (SSSR count). The minimum absolute atomic E-state index is 0. The highest BCUT2D eigenvalue weighted by Gasteiger charge is 2.19. The van der Waals surface area contributed by atoms with Gasteiger partial charge in [0.15, 0.2) is 0 Å². The summed E-state index contributed by atoms with van der Waals surface area (Å²) in [5, 5.41) is 6.12. The second kappa shape index (κ2) is 9.06. The molecule has 0 aliphatic carbocycles. The fourth-order valence-corrected chi connectivity index (χ4v) is 2.75. The fourth-order valence-electron chi connectivity index (χ4n) is 2.75. The van der Waals surface area contributed by atoms with Gasteiger partial charge in [0.1, 0.15) is 11.6 Å². The molecule has 2 atom stereocenters. The van der Waals surface area contributed by atoms with Gasteiger partial charge < -0.3 is 10.6 Å². The monoisotopic (exact) mass is 332 g/mol. The maximum absolute atomic E-state index is 13.8. The van der Waals surface area contributed by atoms with E-state index in [4.69, 9.17) is 0 Å². The maximum atomic E-state index is 13.8. The van der Waals surface area contributed by atoms with Crippen molar-refractivity contribution in [3.63, 3.8) is 0 Å². The Morgan fingerprint density at radius 2 is 2.23 bits per heavy atom. The number of carbonyl (C=O) groups is 1. The zero-order valence-corrected chi connectivity index (χ0v) is 13.5. The quantitative estimate of drug-likeness (QED) is 0.839. The van der Waals surface area contributed by atoms with Gasteiger partial charge in [0.2, 0.25) is 5.91 Å². The van der Waals surface area contributed by atoms with Gasteiger partial charge in [-0.3, -0.25) is 4.79 Å². The summed E-state index contributed by atoms with van der Waals surface area (Å²) >= 11 is 0. The number of amides is 1. The standard InChI is InChI=1S/C16H22F2N2O.ClH/c1-2-15(13-5-4-12(17)9-14(13)18)20-16(21)6-3-11-7-8-19-10-11;/h4-5,9,11,15,19H,2-3,6-8,10H2,1H3,(H,20,21);1H. The van der Waals surface area contributed by atoms with E-state index in [0.29, 0.717) is 24.3 Å². The maximum Gasteiger partial charge on any atom is 0.220 e. The molecule has 1 aliphatic heterocycles. The van der Waals surface area contributed by atoms with Gasteiger partial charge in [-0.1, -0.05) is 13.0 Å². The molecule has 1 aromatic rings. The lowest BCUT2D eigenvalue weighted by Gasteiger charge is -2.18. The third kappa shape index (κ3) is 5.21. The number of benzene rings is 1. The molecule has 0 spiro atoms. The summed E-state index contributed by atoms with van der Waals surface area (Å²) in [4.78, 5) is 12.0. The number of hydrogen-bond donors (Lipinski definition) is 2. The highest BCUT2D eigenvalue weighted by atomic mass is 35.5. The molecular formula is C16H23ClF2N2O. The normalized spacial score (nSPS) is 18.6. The number of halogens is 3. The van der Waals surface area contributed by atoms with E-state index in [-0.39, 0.29) is 18.3 Å². The summed E-state index contributed by atoms with van der Waals surface area (Å²) in [6.45, 7) is 3.86. The lowest BCUT2D eigenvalue weighted by molar-refractivity contribution is -0.122. The second-order valence-electron chi connectivity index (χ2n) is 5.59. The Hall–Kier alpha value is -1.20. The predicted molar refractivity (Wildman–Crippen MR) is 85.0 cm³/mol. The molecule has 2 N–H and O–H groups in total. The van der Waals surface area contributed by atoms with Crippen molar-refractivity contribution in [2.24, 2.45) is 5.92 Å². The summed E-state index contributed by atoms with van der Waals surface area (Å²) in [6.07, 6.45) is 2.98. The van der Waals surface area contributed by atoms with Crippen LogP contribution in [0.5, 0.6) is 0 Å². The van der Waals surface area contributed by atoms with E-state index in [1.165, 1.54) is 12.1 Å². The van der Waals surface area contributed by atoms with Crippen molar-refractivity contribution in [1.29, 1.82) is 0 Å². The lowest BCUT2D eigenvalue weighted by atomic mass is 10.0. The number of hydrogen-bond acceptors (Lipinski definition) is 2. The zero-order valence-electron chi connectivity index (χ0n) is 12.7. The Bertz CT molecular complexity index is 493. The van der Waals surface area contributed by atoms with Crippen LogP contribution in [0, 0.1) is 17.6 Å². The minimum atomic E-state index is -0.609. The van der Waals surface area contributed by atoms with Crippen molar-refractivity contribution in [3.8, 4) is 0 Å². The topological polar surface area (TPSA) is 41.1 Å². The highest BCUT2D eigenvalue weighted by Crippen LogP contribution is 2.21. The third-order valence-electron chi connectivity index (χ3n) is 4.02. The van der Waals surface area contributed by atoms with Crippen LogP contribution in [-0.4, -0.2) is 19.0 Å². The van der Waals surface area contributed by atoms with E-state index in [0.717, 1.165) is 32.0 Å². The van der Waals surface area contributed by atoms with E-state index in [9.17, 15) is 13.6 Å². The molecule has 124 valence electrons. The van der Waals surface area contributed by atoms with Gasteiger partial charge in [-0.25, -0.2) is 8.78 Å². The van der Waals surface area contributed by atoms with Gasteiger partial charge >= 0.3 is 0 Å². The first-order valence-corrected chi connectivity index (χ1v) is 7.55. The average molecular weight is 333 g/mol. The average Bonchev–Trinajstić information content (AvgIpc) is 2.96. The van der Waals surface area contributed by atoms with E-state index in [1.54, 1.807) is 0 Å². The van der Waals surface area contributed by atoms with Crippen LogP contribution in [0.4, 0.5) is 8.78 Å². The first kappa shape index (κ1) is 18.8. The first-order valence-electron chi connectivity index (χ1n) is 7.55. The van der Waals surface area contributed by atoms with Gasteiger partial charge in [0.25, 0.3) is 0 Å². The van der Waals surface area contributed by atoms with Crippen molar-refractivity contribution < 1.29 is 13.6 Å². The molecule has 1 saturated heterocycles. The predicted octanol–water partition coefficient (Wildman–Crippen LogP) is 3.34. The SMILES string of the molecule is CCC(NC(=O)CCC1CCNC1)c1ccc(F)cc1F.Cl. The molecule has 1 heterocycles. The van der Waals surface area contributed by atoms with Gasteiger partial charge in [-0.15, -0.1) is 12.4 Å². The van der Waals surface area contributed by atoms with Crippen LogP contribution in [-0.2, 0) is 4.79 Å². The van der Waals surface area contributed by atoms with Gasteiger partial charge in [-0.05, 0) is 44.3 Å². The van der Waals surface area contributed by atoms with Crippen LogP contribution in [0.25, 0.3) is 0 Å². The van der Waals surface area contributed by atoms with Crippen LogP contribution in [0.1, 0.15) is 44.2 Å². The zero-order chi connectivity index (χ0) is 15.2. The summed E-state index contributed by atoms with van der Waals surface area (Å²) < 4.78 is 26.7. The molecule has 0 aromatic heterocycles. The van der Waals surface area contributed by atoms with E-state index < -0.39 is 17.7 Å². The largest absolute Gasteiger partial charge is 0.349 e. The molecule has 0 saturated carbocycles. The van der Waals surface area contributed by atoms with Gasteiger partial charge in [-0.2, -0.15) is 0 Å². The fraction of sp³-hybridized carbons (Fsp3) is 0.562. The van der Waals surface area contributed by atoms with Gasteiger partial charge in [0, 0.05) is 18.1 Å². The molecule has 1 aromatic carbocycles. The van der Waals surface area contributed by atoms with Crippen molar-refractivity contribution in [2.75, 3.05) is 13.1 Å². The highest BCUT2D eigenvalue weighted by molar-refractivity contribution is 5.85. The molecule has 0 radical (unpaired) electrons. The van der Waals surface area contributed by atoms with Crippen LogP contribution in [0.3, 0.4) is 0 Å². The van der Waals surface area contributed by atoms with E-state index in [1.807, 2.05) is 6.92 Å². The van der Waals surface area contributed by atoms with Crippen molar-refractivity contribution in [2.45, 2.75) is 38.6 Å². The van der Waals surface area contributed by atoms with Crippen molar-refractivity contribution in [3.05, 3.63) is 35.4 Å². The molecule has 1 fully saturated rings. The Labute approximate surface area is 136 Å². The van der Waals surface area contributed by atoms with Crippen molar-refractivity contribution in [1.82, 2.24) is 10.6 Å². The Kier molecular flexibility index (Phi) is 7.76. The molecule has 1 aliphatic rings. The Morgan fingerprint density at radius 3 is 2.82 bits per heavy atom. The van der Waals surface area contributed by atoms with Crippen LogP contribution < -0.4 is 10.6 Å². The molecule has 1 amide bonds. The molecule has 3 nitrogen and oxygen atoms in total. The number of nitrogens with one attached hydrogen (secondary N) is 2. The van der Waals surface area contributed by atoms with Gasteiger partial charge in [0.05, 0.1) is 6.04 Å². The summed E-state index contributed by atoms with van der Waals surface area (Å²) in [5.74, 6) is -0.732. The smallest absolute Gasteiger partial charge is 0.220 e. The number of rotatable bonds is 6. The summed E-state index contributed by atoms with van der Waals surface area (Å²) in [7, 11) is 0. The van der Waals surface area contributed by atoms with E-state index in [2.05, 4.69) is 10.6 Å². The molecular weight excluding hydrogens is 310 g/mol. The summed E-state index contributed by atoms with van der Waals surface area (Å²) in [6, 6.07) is 3.07. The lowest BCUT2D eigenvalue weighted by Crippen LogP contribution is -2.29. The third-order valence-corrected chi connectivity index (χ3v) is 4.02. The number of carbonyl (C=O) groups excluding carboxylic acids is 1. The first-order chi connectivity index (χ1) is 10.1.